The minimum absolute atomic E-state index is 0.154. The standard InChI is InChI=1S/C31H24N4O2/c1-17-10-28(33)35-18(2)27(17)16-34-31(36)22-7-9-24-26(14-22)30-25-13-20(6-8-23(25)29(24)37-30)11-19-4-3-5-21(12-19)15-32/h3-10,12-14H,11,16H2,1-2H3,(H2,33,35)(H,34,36). The third kappa shape index (κ3) is 3.91. The molecule has 3 aromatic carbocycles. The minimum atomic E-state index is -0.154. The maximum atomic E-state index is 13.0. The number of nitrogens with zero attached hydrogens (tertiary/aromatic N) is 2. The van der Waals surface area contributed by atoms with Crippen LogP contribution in [0.2, 0.25) is 0 Å². The Kier molecular flexibility index (Phi) is 5.27. The molecule has 6 heteroatoms. The lowest BCUT2D eigenvalue weighted by Gasteiger charge is -2.11. The van der Waals surface area contributed by atoms with E-state index in [9.17, 15) is 10.1 Å². The van der Waals surface area contributed by atoms with Crippen LogP contribution in [0, 0.1) is 25.2 Å². The van der Waals surface area contributed by atoms with Crippen LogP contribution in [0.1, 0.15) is 43.9 Å². The third-order valence-corrected chi connectivity index (χ3v) is 7.01. The second kappa shape index (κ2) is 8.65. The highest BCUT2D eigenvalue weighted by molar-refractivity contribution is 6.25. The van der Waals surface area contributed by atoms with E-state index in [-0.39, 0.29) is 5.91 Å². The van der Waals surface area contributed by atoms with Crippen LogP contribution in [0.4, 0.5) is 5.82 Å². The Labute approximate surface area is 213 Å². The van der Waals surface area contributed by atoms with Gasteiger partial charge in [-0.3, -0.25) is 4.79 Å². The summed E-state index contributed by atoms with van der Waals surface area (Å²) in [5, 5.41) is 16.2. The van der Waals surface area contributed by atoms with Gasteiger partial charge in [-0.1, -0.05) is 24.3 Å². The van der Waals surface area contributed by atoms with Crippen molar-refractivity contribution in [1.29, 1.82) is 5.26 Å². The maximum Gasteiger partial charge on any atom is 0.251 e. The number of carbonyl (C=O) groups is 1. The van der Waals surface area contributed by atoms with Crippen molar-refractivity contribution in [1.82, 2.24) is 10.3 Å². The molecule has 0 aliphatic carbocycles. The fourth-order valence-corrected chi connectivity index (χ4v) is 5.18. The normalized spacial score (nSPS) is 11.4. The van der Waals surface area contributed by atoms with Crippen LogP contribution in [-0.4, -0.2) is 10.9 Å². The second-order valence-corrected chi connectivity index (χ2v) is 9.50. The number of anilines is 1. The number of amides is 1. The topological polar surface area (TPSA) is 105 Å². The molecule has 1 amide bonds. The van der Waals surface area contributed by atoms with Gasteiger partial charge in [0.05, 0.1) is 11.6 Å². The van der Waals surface area contributed by atoms with Gasteiger partial charge in [0.2, 0.25) is 0 Å². The van der Waals surface area contributed by atoms with Crippen LogP contribution in [0.5, 0.6) is 0 Å². The number of benzene rings is 4. The van der Waals surface area contributed by atoms with Gasteiger partial charge in [0, 0.05) is 39.3 Å². The lowest BCUT2D eigenvalue weighted by atomic mass is 9.97. The van der Waals surface area contributed by atoms with E-state index in [0.29, 0.717) is 23.5 Å². The molecule has 37 heavy (non-hydrogen) atoms. The molecule has 0 aliphatic rings. The Morgan fingerprint density at radius 2 is 1.68 bits per heavy atom. The number of nitrogens with one attached hydrogen (secondary N) is 1. The van der Waals surface area contributed by atoms with Crippen molar-refractivity contribution in [3.63, 3.8) is 0 Å². The molecule has 6 aromatic rings. The lowest BCUT2D eigenvalue weighted by molar-refractivity contribution is 0.0951. The van der Waals surface area contributed by atoms with Crippen molar-refractivity contribution in [3.8, 4) is 6.07 Å². The first-order chi connectivity index (χ1) is 17.9. The largest absolute Gasteiger partial charge is 0.455 e. The number of rotatable bonds is 5. The molecule has 6 rings (SSSR count). The Morgan fingerprint density at radius 1 is 0.946 bits per heavy atom. The quantitative estimate of drug-likeness (QED) is 0.285. The van der Waals surface area contributed by atoms with Crippen LogP contribution in [-0.2, 0) is 13.0 Å². The van der Waals surface area contributed by atoms with Gasteiger partial charge in [-0.25, -0.2) is 4.98 Å². The molecule has 0 fully saturated rings. The van der Waals surface area contributed by atoms with Crippen molar-refractivity contribution in [2.24, 2.45) is 0 Å². The summed E-state index contributed by atoms with van der Waals surface area (Å²) in [5.74, 6) is 0.325. The number of nitrogens with two attached hydrogens (primary N) is 1. The molecule has 0 aliphatic heterocycles. The Bertz CT molecular complexity index is 1850. The second-order valence-electron chi connectivity index (χ2n) is 9.50. The Balaban J connectivity index is 1.31. The molecule has 0 radical (unpaired) electrons. The molecular formula is C31H24N4O2. The fourth-order valence-electron chi connectivity index (χ4n) is 5.18. The van der Waals surface area contributed by atoms with E-state index < -0.39 is 0 Å². The van der Waals surface area contributed by atoms with E-state index >= 15 is 0 Å². The predicted octanol–water partition coefficient (Wildman–Crippen LogP) is 6.16. The summed E-state index contributed by atoms with van der Waals surface area (Å²) >= 11 is 0. The van der Waals surface area contributed by atoms with Crippen molar-refractivity contribution >= 4 is 44.4 Å². The van der Waals surface area contributed by atoms with Crippen molar-refractivity contribution in [2.45, 2.75) is 26.8 Å². The average Bonchev–Trinajstić information content (AvgIpc) is 3.45. The number of aromatic nitrogens is 1. The Hall–Kier alpha value is -4.89. The number of aryl methyl sites for hydroxylation is 2. The van der Waals surface area contributed by atoms with Gasteiger partial charge >= 0.3 is 0 Å². The van der Waals surface area contributed by atoms with Crippen molar-refractivity contribution in [2.75, 3.05) is 5.73 Å². The zero-order valence-electron chi connectivity index (χ0n) is 20.6. The van der Waals surface area contributed by atoms with Crippen LogP contribution < -0.4 is 11.1 Å². The highest BCUT2D eigenvalue weighted by Gasteiger charge is 2.19. The highest BCUT2D eigenvalue weighted by atomic mass is 16.3. The van der Waals surface area contributed by atoms with Crippen molar-refractivity contribution in [3.05, 3.63) is 106 Å². The van der Waals surface area contributed by atoms with Crippen LogP contribution in [0.25, 0.3) is 32.7 Å². The van der Waals surface area contributed by atoms with Gasteiger partial charge in [-0.05, 0) is 85.0 Å². The molecule has 3 heterocycles. The van der Waals surface area contributed by atoms with E-state index in [1.165, 1.54) is 0 Å². The summed E-state index contributed by atoms with van der Waals surface area (Å²) < 4.78 is 6.20. The molecule has 6 nitrogen and oxygen atoms in total. The zero-order valence-corrected chi connectivity index (χ0v) is 20.6. The van der Waals surface area contributed by atoms with Gasteiger partial charge in [-0.15, -0.1) is 0 Å². The van der Waals surface area contributed by atoms with Gasteiger partial charge in [0.25, 0.3) is 5.91 Å². The molecular weight excluding hydrogens is 460 g/mol. The number of carbonyl (C=O) groups excluding carboxylic acids is 1. The van der Waals surface area contributed by atoms with Gasteiger partial charge in [-0.2, -0.15) is 5.26 Å². The number of nitriles is 1. The zero-order chi connectivity index (χ0) is 25.7. The maximum absolute atomic E-state index is 13.0. The van der Waals surface area contributed by atoms with Gasteiger partial charge in [0.1, 0.15) is 17.0 Å². The predicted molar refractivity (Wildman–Crippen MR) is 146 cm³/mol. The molecule has 180 valence electrons. The van der Waals surface area contributed by atoms with Crippen molar-refractivity contribution < 1.29 is 9.21 Å². The summed E-state index contributed by atoms with van der Waals surface area (Å²) in [6, 6.07) is 23.7. The fraction of sp³-hybridized carbons (Fsp3) is 0.129. The monoisotopic (exact) mass is 484 g/mol. The number of hydrogen-bond donors (Lipinski definition) is 2. The molecule has 0 spiro atoms. The average molecular weight is 485 g/mol. The number of nitrogen functional groups attached to an aromatic ring is 1. The van der Waals surface area contributed by atoms with Crippen LogP contribution in [0.3, 0.4) is 0 Å². The molecule has 3 N–H and O–H groups in total. The number of pyridine rings is 1. The lowest BCUT2D eigenvalue weighted by Crippen LogP contribution is -2.24. The first kappa shape index (κ1) is 22.6. The number of fused-ring (bicyclic) bond motifs is 8. The van der Waals surface area contributed by atoms with E-state index in [2.05, 4.69) is 34.6 Å². The summed E-state index contributed by atoms with van der Waals surface area (Å²) in [5.41, 5.74) is 13.7. The van der Waals surface area contributed by atoms with E-state index in [1.807, 2.05) is 62.4 Å². The smallest absolute Gasteiger partial charge is 0.251 e. The van der Waals surface area contributed by atoms with Gasteiger partial charge < -0.3 is 15.5 Å². The molecule has 0 saturated heterocycles. The first-order valence-corrected chi connectivity index (χ1v) is 12.1. The van der Waals surface area contributed by atoms with E-state index in [0.717, 1.165) is 67.1 Å². The summed E-state index contributed by atoms with van der Waals surface area (Å²) in [4.78, 5) is 17.3. The molecule has 0 unspecified atom stereocenters. The number of hydrogen-bond acceptors (Lipinski definition) is 5. The summed E-state index contributed by atoms with van der Waals surface area (Å²) in [6.07, 6.45) is 0.722. The van der Waals surface area contributed by atoms with Crippen LogP contribution >= 0.6 is 0 Å². The third-order valence-electron chi connectivity index (χ3n) is 7.01. The van der Waals surface area contributed by atoms with Gasteiger partial charge in [0.15, 0.2) is 0 Å². The van der Waals surface area contributed by atoms with E-state index in [4.69, 9.17) is 10.2 Å². The van der Waals surface area contributed by atoms with E-state index in [1.54, 1.807) is 0 Å². The SMILES string of the molecule is Cc1cc(N)nc(C)c1CNC(=O)c1ccc2c(c1)c1oc2c2ccc(Cc3cccc(C#N)c3)cc21. The molecule has 0 atom stereocenters. The number of furan rings is 2. The molecule has 3 aromatic heterocycles. The first-order valence-electron chi connectivity index (χ1n) is 12.1. The minimum Gasteiger partial charge on any atom is -0.455 e. The summed E-state index contributed by atoms with van der Waals surface area (Å²) in [7, 11) is 0. The molecule has 2 bridgehead atoms. The molecule has 0 saturated carbocycles. The Morgan fingerprint density at radius 3 is 2.46 bits per heavy atom. The highest BCUT2D eigenvalue weighted by Crippen LogP contribution is 2.41. The van der Waals surface area contributed by atoms with Crippen LogP contribution in [0.15, 0.2) is 71.1 Å². The summed E-state index contributed by atoms with van der Waals surface area (Å²) in [6.45, 7) is 4.24.